The van der Waals surface area contributed by atoms with Gasteiger partial charge < -0.3 is 9.98 Å². The molecule has 0 saturated carbocycles. The third-order valence-corrected chi connectivity index (χ3v) is 3.85. The first-order valence-corrected chi connectivity index (χ1v) is 6.83. The molecule has 2 aromatic carbocycles. The fourth-order valence-electron chi connectivity index (χ4n) is 2.67. The average Bonchev–Trinajstić information content (AvgIpc) is 2.86. The van der Waals surface area contributed by atoms with Gasteiger partial charge in [0.1, 0.15) is 0 Å². The van der Waals surface area contributed by atoms with Crippen molar-refractivity contribution in [3.63, 3.8) is 0 Å². The van der Waals surface area contributed by atoms with Crippen LogP contribution in [0.1, 0.15) is 22.3 Å². The van der Waals surface area contributed by atoms with E-state index >= 15 is 0 Å². The fraction of sp³-hybridized carbons (Fsp3) is 0.167. The lowest BCUT2D eigenvalue weighted by molar-refractivity contribution is 0.829. The zero-order valence-electron chi connectivity index (χ0n) is 11.9. The van der Waals surface area contributed by atoms with E-state index in [1.807, 2.05) is 12.1 Å². The molecule has 0 aliphatic heterocycles. The van der Waals surface area contributed by atoms with Crippen LogP contribution in [0.25, 0.3) is 10.9 Å². The predicted octanol–water partition coefficient (Wildman–Crippen LogP) is 4.30. The Morgan fingerprint density at radius 2 is 1.95 bits per heavy atom. The molecule has 0 saturated heterocycles. The zero-order chi connectivity index (χ0) is 14.1. The number of rotatable bonds is 3. The first-order valence-electron chi connectivity index (χ1n) is 6.83. The summed E-state index contributed by atoms with van der Waals surface area (Å²) in [6, 6.07) is 14.8. The lowest BCUT2D eigenvalue weighted by Crippen LogP contribution is -2.00. The Kier molecular flexibility index (Phi) is 3.15. The molecule has 1 heterocycles. The van der Waals surface area contributed by atoms with Crippen molar-refractivity contribution < 1.29 is 0 Å². The van der Waals surface area contributed by atoms with Gasteiger partial charge in [-0.25, -0.2) is 0 Å². The van der Waals surface area contributed by atoms with Crippen molar-refractivity contribution in [3.05, 3.63) is 70.9 Å². The number of fused-ring (bicyclic) bond motifs is 1. The zero-order valence-corrected chi connectivity index (χ0v) is 11.9. The summed E-state index contributed by atoms with van der Waals surface area (Å²) in [5, 5.41) is 8.63. The summed E-state index contributed by atoms with van der Waals surface area (Å²) in [4.78, 5) is 0. The first kappa shape index (κ1) is 12.7. The molecule has 0 spiro atoms. The van der Waals surface area contributed by atoms with Crippen LogP contribution in [-0.4, -0.2) is 10.8 Å². The monoisotopic (exact) mass is 262 g/mol. The molecule has 0 bridgehead atoms. The highest BCUT2D eigenvalue weighted by atomic mass is 14.9. The predicted molar refractivity (Wildman–Crippen MR) is 84.8 cm³/mol. The summed E-state index contributed by atoms with van der Waals surface area (Å²) in [7, 11) is 0. The number of aromatic nitrogens is 1. The van der Waals surface area contributed by atoms with Crippen LogP contribution in [0, 0.1) is 19.3 Å². The summed E-state index contributed by atoms with van der Waals surface area (Å²) in [5.41, 5.74) is 6.12. The Labute approximate surface area is 119 Å². The third kappa shape index (κ3) is 2.14. The van der Waals surface area contributed by atoms with E-state index in [4.69, 9.17) is 5.41 Å². The maximum Gasteiger partial charge on any atom is 0.0490 e. The van der Waals surface area contributed by atoms with Crippen molar-refractivity contribution in [1.82, 2.24) is 4.57 Å². The minimum absolute atomic E-state index is 0.873. The second kappa shape index (κ2) is 4.97. The van der Waals surface area contributed by atoms with E-state index in [2.05, 4.69) is 54.9 Å². The summed E-state index contributed by atoms with van der Waals surface area (Å²) in [5.74, 6) is 0. The molecule has 1 N–H and O–H groups in total. The van der Waals surface area contributed by atoms with Crippen molar-refractivity contribution >= 4 is 17.1 Å². The highest BCUT2D eigenvalue weighted by molar-refractivity contribution is 5.97. The first-order chi connectivity index (χ1) is 9.69. The van der Waals surface area contributed by atoms with Crippen molar-refractivity contribution in [1.29, 1.82) is 5.41 Å². The smallest absolute Gasteiger partial charge is 0.0490 e. The molecule has 0 amide bonds. The fourth-order valence-corrected chi connectivity index (χ4v) is 2.67. The minimum Gasteiger partial charge on any atom is -0.343 e. The lowest BCUT2D eigenvalue weighted by atomic mass is 10.1. The minimum atomic E-state index is 0.873. The van der Waals surface area contributed by atoms with Crippen molar-refractivity contribution in [3.8, 4) is 0 Å². The van der Waals surface area contributed by atoms with Crippen LogP contribution in [0.3, 0.4) is 0 Å². The molecular formula is C18H18N2. The van der Waals surface area contributed by atoms with E-state index in [1.165, 1.54) is 28.4 Å². The highest BCUT2D eigenvalue weighted by Crippen LogP contribution is 2.21. The van der Waals surface area contributed by atoms with Gasteiger partial charge in [0.15, 0.2) is 0 Å². The number of benzene rings is 2. The normalized spacial score (nSPS) is 10.9. The van der Waals surface area contributed by atoms with Crippen molar-refractivity contribution in [2.45, 2.75) is 20.4 Å². The average molecular weight is 262 g/mol. The second-order valence-corrected chi connectivity index (χ2v) is 5.30. The standard InChI is InChI=1S/C18H18N2/c1-13-6-7-14(2)16(10-13)12-20-9-8-17-15(11-19)4-3-5-18(17)20/h3-11,19H,12H2,1-2H3. The van der Waals surface area contributed by atoms with E-state index < -0.39 is 0 Å². The summed E-state index contributed by atoms with van der Waals surface area (Å²) in [6.45, 7) is 5.16. The Balaban J connectivity index is 2.07. The van der Waals surface area contributed by atoms with Gasteiger partial charge in [-0.3, -0.25) is 0 Å². The molecule has 2 nitrogen and oxygen atoms in total. The van der Waals surface area contributed by atoms with Gasteiger partial charge in [-0.05, 0) is 37.1 Å². The van der Waals surface area contributed by atoms with Gasteiger partial charge in [0.2, 0.25) is 0 Å². The number of aryl methyl sites for hydroxylation is 2. The van der Waals surface area contributed by atoms with Crippen LogP contribution in [0.5, 0.6) is 0 Å². The maximum atomic E-state index is 7.48. The molecule has 3 rings (SSSR count). The van der Waals surface area contributed by atoms with Crippen molar-refractivity contribution in [2.24, 2.45) is 0 Å². The molecule has 0 fully saturated rings. The summed E-state index contributed by atoms with van der Waals surface area (Å²) < 4.78 is 2.25. The van der Waals surface area contributed by atoms with Gasteiger partial charge in [-0.2, -0.15) is 0 Å². The molecule has 0 radical (unpaired) electrons. The van der Waals surface area contributed by atoms with E-state index in [0.29, 0.717) is 0 Å². The summed E-state index contributed by atoms with van der Waals surface area (Å²) in [6.07, 6.45) is 3.53. The van der Waals surface area contributed by atoms with E-state index in [-0.39, 0.29) is 0 Å². The van der Waals surface area contributed by atoms with E-state index in [0.717, 1.165) is 17.5 Å². The molecule has 0 aliphatic rings. The van der Waals surface area contributed by atoms with Crippen LogP contribution < -0.4 is 0 Å². The number of nitrogens with zero attached hydrogens (tertiary/aromatic N) is 1. The quantitative estimate of drug-likeness (QED) is 0.682. The van der Waals surface area contributed by atoms with Crippen LogP contribution >= 0.6 is 0 Å². The van der Waals surface area contributed by atoms with Crippen LogP contribution in [0.15, 0.2) is 48.7 Å². The topological polar surface area (TPSA) is 28.8 Å². The van der Waals surface area contributed by atoms with Gasteiger partial charge >= 0.3 is 0 Å². The van der Waals surface area contributed by atoms with Gasteiger partial charge in [-0.1, -0.05) is 35.9 Å². The van der Waals surface area contributed by atoms with Gasteiger partial charge in [0, 0.05) is 35.4 Å². The molecule has 100 valence electrons. The van der Waals surface area contributed by atoms with Crippen molar-refractivity contribution in [2.75, 3.05) is 0 Å². The Bertz CT molecular complexity index is 781. The van der Waals surface area contributed by atoms with Crippen LogP contribution in [-0.2, 0) is 6.54 Å². The molecular weight excluding hydrogens is 244 g/mol. The maximum absolute atomic E-state index is 7.48. The van der Waals surface area contributed by atoms with Gasteiger partial charge in [-0.15, -0.1) is 0 Å². The summed E-state index contributed by atoms with van der Waals surface area (Å²) >= 11 is 0. The number of hydrogen-bond donors (Lipinski definition) is 1. The Morgan fingerprint density at radius 3 is 2.75 bits per heavy atom. The third-order valence-electron chi connectivity index (χ3n) is 3.85. The van der Waals surface area contributed by atoms with Crippen LogP contribution in [0.2, 0.25) is 0 Å². The van der Waals surface area contributed by atoms with E-state index in [1.54, 1.807) is 0 Å². The molecule has 20 heavy (non-hydrogen) atoms. The Morgan fingerprint density at radius 1 is 1.10 bits per heavy atom. The highest BCUT2D eigenvalue weighted by Gasteiger charge is 2.06. The van der Waals surface area contributed by atoms with Gasteiger partial charge in [0.05, 0.1) is 0 Å². The molecule has 3 aromatic rings. The molecule has 2 heteroatoms. The number of hydrogen-bond acceptors (Lipinski definition) is 1. The van der Waals surface area contributed by atoms with Gasteiger partial charge in [0.25, 0.3) is 0 Å². The SMILES string of the molecule is Cc1ccc(C)c(Cn2ccc3c(C=N)cccc32)c1. The molecule has 0 unspecified atom stereocenters. The number of nitrogens with one attached hydrogen (secondary N) is 1. The van der Waals surface area contributed by atoms with E-state index in [9.17, 15) is 0 Å². The molecule has 1 aromatic heterocycles. The Hall–Kier alpha value is -2.35. The molecule has 0 aliphatic carbocycles. The molecule has 0 atom stereocenters. The largest absolute Gasteiger partial charge is 0.343 e. The van der Waals surface area contributed by atoms with Crippen LogP contribution in [0.4, 0.5) is 0 Å². The second-order valence-electron chi connectivity index (χ2n) is 5.30. The lowest BCUT2D eigenvalue weighted by Gasteiger charge is -2.10.